The van der Waals surface area contributed by atoms with E-state index in [4.69, 9.17) is 4.74 Å². The molecule has 0 radical (unpaired) electrons. The summed E-state index contributed by atoms with van der Waals surface area (Å²) >= 11 is 0. The predicted octanol–water partition coefficient (Wildman–Crippen LogP) is 3.84. The number of hydrogen-bond donors (Lipinski definition) is 3. The van der Waals surface area contributed by atoms with E-state index in [-0.39, 0.29) is 36.9 Å². The molecule has 0 bridgehead atoms. The summed E-state index contributed by atoms with van der Waals surface area (Å²) in [4.78, 5) is 36.5. The molecule has 7 nitrogen and oxygen atoms in total. The Bertz CT molecular complexity index is 1110. The van der Waals surface area contributed by atoms with Crippen molar-refractivity contribution < 1.29 is 24.2 Å². The highest BCUT2D eigenvalue weighted by Crippen LogP contribution is 2.45. The molecule has 1 fully saturated rings. The smallest absolute Gasteiger partial charge is 0.407 e. The summed E-state index contributed by atoms with van der Waals surface area (Å²) in [5, 5.41) is 14.9. The van der Waals surface area contributed by atoms with Gasteiger partial charge in [0, 0.05) is 18.4 Å². The minimum Gasteiger partial charge on any atom is -0.481 e. The Morgan fingerprint density at radius 1 is 1.00 bits per heavy atom. The first kappa shape index (κ1) is 22.2. The van der Waals surface area contributed by atoms with E-state index in [0.717, 1.165) is 11.1 Å². The summed E-state index contributed by atoms with van der Waals surface area (Å²) in [6.45, 7) is 0.392. The van der Waals surface area contributed by atoms with Gasteiger partial charge in [-0.05, 0) is 47.9 Å². The molecule has 0 aromatic heterocycles. The standard InChI is InChI=1S/C27H28N2O5/c30-24(28-16-27(12-13-27)25(31)32)17-6-5-7-18(14-17)29-26(33)34-15-23-21-10-3-1-8-19(21)20-9-2-4-11-22(20)23/h1-5,7-11,17-18,23H,6,12-16H2,(H,28,30)(H,29,33)(H,31,32). The Morgan fingerprint density at radius 3 is 2.26 bits per heavy atom. The second kappa shape index (κ2) is 8.97. The quantitative estimate of drug-likeness (QED) is 0.545. The van der Waals surface area contributed by atoms with Crippen molar-refractivity contribution in [2.45, 2.75) is 37.6 Å². The lowest BCUT2D eigenvalue weighted by molar-refractivity contribution is -0.143. The Morgan fingerprint density at radius 2 is 1.65 bits per heavy atom. The monoisotopic (exact) mass is 460 g/mol. The lowest BCUT2D eigenvalue weighted by atomic mass is 9.90. The molecule has 3 N–H and O–H groups in total. The SMILES string of the molecule is O=C(NC1C=CCC(C(=O)NCC2(C(=O)O)CC2)C1)OCC1c2ccccc2-c2ccccc21. The van der Waals surface area contributed by atoms with Crippen LogP contribution in [0.2, 0.25) is 0 Å². The Labute approximate surface area is 198 Å². The third-order valence-electron chi connectivity index (χ3n) is 7.25. The van der Waals surface area contributed by atoms with E-state index < -0.39 is 17.5 Å². The number of nitrogens with one attached hydrogen (secondary N) is 2. The van der Waals surface area contributed by atoms with Gasteiger partial charge in [0.25, 0.3) is 0 Å². The van der Waals surface area contributed by atoms with Gasteiger partial charge in [0.1, 0.15) is 6.61 Å². The molecule has 5 rings (SSSR count). The summed E-state index contributed by atoms with van der Waals surface area (Å²) in [5.41, 5.74) is 3.86. The highest BCUT2D eigenvalue weighted by molar-refractivity contribution is 5.82. The number of hydrogen-bond acceptors (Lipinski definition) is 4. The fourth-order valence-corrected chi connectivity index (χ4v) is 5.02. The topological polar surface area (TPSA) is 105 Å². The van der Waals surface area contributed by atoms with Crippen molar-refractivity contribution >= 4 is 18.0 Å². The average molecular weight is 461 g/mol. The number of carbonyl (C=O) groups excluding carboxylic acids is 2. The molecule has 2 amide bonds. The normalized spacial score (nSPS) is 21.8. The first-order chi connectivity index (χ1) is 16.5. The highest BCUT2D eigenvalue weighted by Gasteiger charge is 2.50. The second-order valence-corrected chi connectivity index (χ2v) is 9.48. The van der Waals surface area contributed by atoms with E-state index in [2.05, 4.69) is 34.9 Å². The molecule has 0 saturated heterocycles. The van der Waals surface area contributed by atoms with E-state index in [0.29, 0.717) is 25.7 Å². The van der Waals surface area contributed by atoms with Crippen LogP contribution in [0.15, 0.2) is 60.7 Å². The molecule has 2 aromatic rings. The molecule has 7 heteroatoms. The first-order valence-electron chi connectivity index (χ1n) is 11.8. The third-order valence-corrected chi connectivity index (χ3v) is 7.25. The van der Waals surface area contributed by atoms with Crippen LogP contribution >= 0.6 is 0 Å². The van der Waals surface area contributed by atoms with Crippen molar-refractivity contribution in [1.29, 1.82) is 0 Å². The zero-order valence-corrected chi connectivity index (χ0v) is 18.8. The van der Waals surface area contributed by atoms with Crippen LogP contribution in [0, 0.1) is 11.3 Å². The average Bonchev–Trinajstić information content (AvgIpc) is 3.58. The summed E-state index contributed by atoms with van der Waals surface area (Å²) in [6, 6.07) is 16.0. The van der Waals surface area contributed by atoms with E-state index >= 15 is 0 Å². The van der Waals surface area contributed by atoms with E-state index in [1.165, 1.54) is 11.1 Å². The molecule has 0 aliphatic heterocycles. The van der Waals surface area contributed by atoms with Gasteiger partial charge in [0.15, 0.2) is 0 Å². The van der Waals surface area contributed by atoms with E-state index in [9.17, 15) is 19.5 Å². The van der Waals surface area contributed by atoms with Crippen LogP contribution in [0.3, 0.4) is 0 Å². The highest BCUT2D eigenvalue weighted by atomic mass is 16.5. The lowest BCUT2D eigenvalue weighted by Gasteiger charge is -2.25. The minimum atomic E-state index is -0.855. The summed E-state index contributed by atoms with van der Waals surface area (Å²) in [5.74, 6) is -1.35. The van der Waals surface area contributed by atoms with Crippen LogP contribution < -0.4 is 10.6 Å². The van der Waals surface area contributed by atoms with Gasteiger partial charge >= 0.3 is 12.1 Å². The molecule has 1 saturated carbocycles. The fraction of sp³-hybridized carbons (Fsp3) is 0.370. The first-order valence-corrected chi connectivity index (χ1v) is 11.8. The summed E-state index contributed by atoms with van der Waals surface area (Å²) in [7, 11) is 0. The molecule has 2 unspecified atom stereocenters. The number of amides is 2. The van der Waals surface area contributed by atoms with Crippen LogP contribution in [0.4, 0.5) is 4.79 Å². The maximum atomic E-state index is 12.6. The second-order valence-electron chi connectivity index (χ2n) is 9.48. The van der Waals surface area contributed by atoms with Gasteiger partial charge in [-0.2, -0.15) is 0 Å². The van der Waals surface area contributed by atoms with Gasteiger partial charge in [0.2, 0.25) is 5.91 Å². The zero-order valence-electron chi connectivity index (χ0n) is 18.8. The zero-order chi connectivity index (χ0) is 23.7. The molecule has 3 aliphatic rings. The number of carbonyl (C=O) groups is 3. The van der Waals surface area contributed by atoms with Gasteiger partial charge in [-0.3, -0.25) is 9.59 Å². The van der Waals surface area contributed by atoms with Crippen molar-refractivity contribution in [1.82, 2.24) is 10.6 Å². The van der Waals surface area contributed by atoms with E-state index in [1.54, 1.807) is 0 Å². The summed E-state index contributed by atoms with van der Waals surface area (Å²) in [6.07, 6.45) is 5.46. The number of carboxylic acid groups (broad SMARTS) is 1. The lowest BCUT2D eigenvalue weighted by Crippen LogP contribution is -2.42. The van der Waals surface area contributed by atoms with Crippen LogP contribution in [0.5, 0.6) is 0 Å². The number of fused-ring (bicyclic) bond motifs is 3. The maximum Gasteiger partial charge on any atom is 0.407 e. The Hall–Kier alpha value is -3.61. The minimum absolute atomic E-state index is 0.0115. The number of benzene rings is 2. The van der Waals surface area contributed by atoms with Crippen molar-refractivity contribution in [2.24, 2.45) is 11.3 Å². The van der Waals surface area contributed by atoms with Crippen molar-refractivity contribution in [3.63, 3.8) is 0 Å². The molecule has 2 atom stereocenters. The number of carboxylic acids is 1. The van der Waals surface area contributed by atoms with Crippen molar-refractivity contribution in [3.05, 3.63) is 71.8 Å². The Balaban J connectivity index is 1.14. The van der Waals surface area contributed by atoms with Gasteiger partial charge in [0.05, 0.1) is 11.5 Å². The third kappa shape index (κ3) is 4.30. The molecule has 3 aliphatic carbocycles. The molecule has 176 valence electrons. The number of alkyl carbamates (subject to hydrolysis) is 1. The summed E-state index contributed by atoms with van der Waals surface area (Å²) < 4.78 is 5.62. The molecule has 2 aromatic carbocycles. The molecular weight excluding hydrogens is 432 g/mol. The molecular formula is C27H28N2O5. The predicted molar refractivity (Wildman–Crippen MR) is 126 cm³/mol. The number of allylic oxidation sites excluding steroid dienone is 1. The fourth-order valence-electron chi connectivity index (χ4n) is 5.02. The van der Waals surface area contributed by atoms with Crippen LogP contribution in [-0.4, -0.2) is 42.3 Å². The molecule has 34 heavy (non-hydrogen) atoms. The Kier molecular flexibility index (Phi) is 5.86. The van der Waals surface area contributed by atoms with Gasteiger partial charge < -0.3 is 20.5 Å². The van der Waals surface area contributed by atoms with Crippen molar-refractivity contribution in [2.75, 3.05) is 13.2 Å². The number of ether oxygens (including phenoxy) is 1. The largest absolute Gasteiger partial charge is 0.481 e. The van der Waals surface area contributed by atoms with Crippen LogP contribution in [-0.2, 0) is 14.3 Å². The van der Waals surface area contributed by atoms with Gasteiger partial charge in [-0.15, -0.1) is 0 Å². The maximum absolute atomic E-state index is 12.6. The van der Waals surface area contributed by atoms with E-state index in [1.807, 2.05) is 36.4 Å². The van der Waals surface area contributed by atoms with Gasteiger partial charge in [-0.25, -0.2) is 4.79 Å². The molecule has 0 heterocycles. The number of rotatable bonds is 7. The van der Waals surface area contributed by atoms with Gasteiger partial charge in [-0.1, -0.05) is 60.7 Å². The number of aliphatic carboxylic acids is 1. The molecule has 0 spiro atoms. The van der Waals surface area contributed by atoms with Crippen LogP contribution in [0.1, 0.15) is 42.7 Å². The van der Waals surface area contributed by atoms with Crippen molar-refractivity contribution in [3.8, 4) is 11.1 Å². The van der Waals surface area contributed by atoms with Crippen LogP contribution in [0.25, 0.3) is 11.1 Å².